The highest BCUT2D eigenvalue weighted by Gasteiger charge is 2.22. The van der Waals surface area contributed by atoms with E-state index < -0.39 is 0 Å². The minimum atomic E-state index is 0.575. The van der Waals surface area contributed by atoms with Crippen molar-refractivity contribution in [1.82, 2.24) is 0 Å². The summed E-state index contributed by atoms with van der Waals surface area (Å²) >= 11 is 1.87. The van der Waals surface area contributed by atoms with E-state index in [2.05, 4.69) is 112 Å². The Labute approximate surface area is 330 Å². The summed E-state index contributed by atoms with van der Waals surface area (Å²) in [6, 6.07) is 18.0. The SMILES string of the molecule is CCCCCCCCC#CC1=CC=C(c2ccc(-c3cc(OCCCCCC)c(C4=CC=C(c5cccc(C)c5)[Si]4)cc3OCCCCCCC)s2)[Si]1. The van der Waals surface area contributed by atoms with Crippen molar-refractivity contribution < 1.29 is 9.47 Å². The summed E-state index contributed by atoms with van der Waals surface area (Å²) in [5.41, 5.74) is 4.92. The van der Waals surface area contributed by atoms with Crippen LogP contribution in [0.2, 0.25) is 0 Å². The smallest absolute Gasteiger partial charge is 0.135 e. The van der Waals surface area contributed by atoms with Gasteiger partial charge >= 0.3 is 0 Å². The Morgan fingerprint density at radius 2 is 1.17 bits per heavy atom. The average Bonchev–Trinajstić information content (AvgIpc) is 3.96. The molecule has 1 aromatic heterocycles. The molecule has 5 heteroatoms. The number of hydrogen-bond donors (Lipinski definition) is 0. The van der Waals surface area contributed by atoms with E-state index in [1.54, 1.807) is 0 Å². The van der Waals surface area contributed by atoms with Gasteiger partial charge in [0.15, 0.2) is 0 Å². The molecule has 3 heterocycles. The molecule has 0 amide bonds. The van der Waals surface area contributed by atoms with Crippen LogP contribution < -0.4 is 9.47 Å². The van der Waals surface area contributed by atoms with Gasteiger partial charge in [0.25, 0.3) is 0 Å². The van der Waals surface area contributed by atoms with Crippen LogP contribution in [0.15, 0.2) is 78.0 Å². The lowest BCUT2D eigenvalue weighted by Crippen LogP contribution is -2.05. The molecule has 0 bridgehead atoms. The van der Waals surface area contributed by atoms with Crippen LogP contribution >= 0.6 is 11.3 Å². The Morgan fingerprint density at radius 1 is 0.566 bits per heavy atom. The van der Waals surface area contributed by atoms with Crippen LogP contribution in [-0.2, 0) is 0 Å². The highest BCUT2D eigenvalue weighted by molar-refractivity contribution is 7.17. The van der Waals surface area contributed by atoms with Crippen LogP contribution in [0.4, 0.5) is 0 Å². The lowest BCUT2D eigenvalue weighted by atomic mass is 10.1. The molecule has 0 unspecified atom stereocenters. The molecule has 0 saturated carbocycles. The summed E-state index contributed by atoms with van der Waals surface area (Å²) in [4.78, 5) is 2.56. The van der Waals surface area contributed by atoms with E-state index in [1.807, 2.05) is 11.3 Å². The Hall–Kier alpha value is -3.31. The zero-order valence-electron chi connectivity index (χ0n) is 32.9. The van der Waals surface area contributed by atoms with Crippen molar-refractivity contribution in [2.24, 2.45) is 0 Å². The molecule has 278 valence electrons. The van der Waals surface area contributed by atoms with Crippen molar-refractivity contribution in [2.45, 2.75) is 130 Å². The highest BCUT2D eigenvalue weighted by Crippen LogP contribution is 2.44. The lowest BCUT2D eigenvalue weighted by Gasteiger charge is -2.18. The van der Waals surface area contributed by atoms with E-state index in [-0.39, 0.29) is 0 Å². The summed E-state index contributed by atoms with van der Waals surface area (Å²) in [5.74, 6) is 8.90. The van der Waals surface area contributed by atoms with E-state index in [9.17, 15) is 0 Å². The fraction of sp³-hybridized carbons (Fsp3) is 0.458. The zero-order chi connectivity index (χ0) is 37.1. The van der Waals surface area contributed by atoms with Gasteiger partial charge < -0.3 is 9.47 Å². The molecule has 0 fully saturated rings. The molecular weight excluding hydrogens is 697 g/mol. The Balaban J connectivity index is 1.35. The van der Waals surface area contributed by atoms with Crippen molar-refractivity contribution in [1.29, 1.82) is 0 Å². The fourth-order valence-corrected chi connectivity index (χ4v) is 10.2. The molecule has 4 radical (unpaired) electrons. The molecule has 53 heavy (non-hydrogen) atoms. The van der Waals surface area contributed by atoms with Gasteiger partial charge in [-0.05, 0) is 71.6 Å². The van der Waals surface area contributed by atoms with Gasteiger partial charge in [0.2, 0.25) is 0 Å². The molecule has 0 spiro atoms. The Bertz CT molecular complexity index is 1800. The number of benzene rings is 2. The third-order valence-electron chi connectivity index (χ3n) is 9.85. The first kappa shape index (κ1) is 40.9. The molecule has 2 aromatic carbocycles. The molecule has 0 N–H and O–H groups in total. The van der Waals surface area contributed by atoms with Crippen molar-refractivity contribution >= 4 is 46.0 Å². The van der Waals surface area contributed by atoms with E-state index in [1.165, 1.54) is 131 Å². The van der Waals surface area contributed by atoms with Crippen molar-refractivity contribution in [3.63, 3.8) is 0 Å². The van der Waals surface area contributed by atoms with Gasteiger partial charge in [-0.25, -0.2) is 0 Å². The van der Waals surface area contributed by atoms with Crippen molar-refractivity contribution in [3.8, 4) is 33.8 Å². The first-order valence-corrected chi connectivity index (χ1v) is 23.4. The number of unbranched alkanes of at least 4 members (excludes halogenated alkanes) is 13. The molecule has 3 aromatic rings. The third-order valence-corrected chi connectivity index (χ3v) is 13.9. The number of ether oxygens (including phenoxy) is 2. The standard InChI is InChI=1S/C48H60O2SSi2/c1-5-8-11-14-15-16-17-19-25-39-26-29-48(52-39)45-28-27-44(51-45)40-35-43(50-32-20-13-10-7-3)41(36-42(40)49-33-21-18-12-9-6-2)47-31-30-46(53-47)38-24-22-23-37(4)34-38/h22-24,26-31,34-36H,5-18,20-21,32-33H2,1-4H3. The van der Waals surface area contributed by atoms with Crippen LogP contribution in [0.25, 0.3) is 26.0 Å². The number of hydrogen-bond acceptors (Lipinski definition) is 3. The normalized spacial score (nSPS) is 13.7. The monoisotopic (exact) mass is 756 g/mol. The third kappa shape index (κ3) is 12.9. The highest BCUT2D eigenvalue weighted by atomic mass is 32.1. The van der Waals surface area contributed by atoms with Crippen molar-refractivity contribution in [3.05, 3.63) is 99.6 Å². The second-order valence-corrected chi connectivity index (χ2v) is 18.2. The Kier molecular flexibility index (Phi) is 17.6. The molecule has 0 saturated heterocycles. The fourth-order valence-electron chi connectivity index (χ4n) is 6.72. The van der Waals surface area contributed by atoms with Gasteiger partial charge in [0.1, 0.15) is 30.5 Å². The molecular formula is C48H60O2SSi2. The van der Waals surface area contributed by atoms with E-state index in [4.69, 9.17) is 9.47 Å². The van der Waals surface area contributed by atoms with Gasteiger partial charge in [0, 0.05) is 27.3 Å². The number of allylic oxidation sites excluding steroid dienone is 5. The topological polar surface area (TPSA) is 18.5 Å². The second-order valence-electron chi connectivity index (χ2n) is 14.4. The maximum absolute atomic E-state index is 6.72. The largest absolute Gasteiger partial charge is 0.493 e. The maximum atomic E-state index is 6.72. The molecule has 2 aliphatic heterocycles. The van der Waals surface area contributed by atoms with Crippen LogP contribution in [0.5, 0.6) is 11.5 Å². The maximum Gasteiger partial charge on any atom is 0.135 e. The molecule has 0 aliphatic carbocycles. The van der Waals surface area contributed by atoms with Gasteiger partial charge in [-0.3, -0.25) is 0 Å². The summed E-state index contributed by atoms with van der Waals surface area (Å²) in [6.45, 7) is 10.5. The number of thiophene rings is 1. The average molecular weight is 757 g/mol. The zero-order valence-corrected chi connectivity index (χ0v) is 35.7. The van der Waals surface area contributed by atoms with E-state index in [0.29, 0.717) is 19.0 Å². The van der Waals surface area contributed by atoms with Crippen LogP contribution in [-0.4, -0.2) is 32.3 Å². The van der Waals surface area contributed by atoms with Gasteiger partial charge in [-0.15, -0.1) is 11.3 Å². The number of rotatable bonds is 23. The van der Waals surface area contributed by atoms with E-state index >= 15 is 0 Å². The van der Waals surface area contributed by atoms with Crippen LogP contribution in [0, 0.1) is 18.8 Å². The summed E-state index contributed by atoms with van der Waals surface area (Å²) in [5, 5.41) is 5.36. The first-order chi connectivity index (χ1) is 26.1. The summed E-state index contributed by atoms with van der Waals surface area (Å²) < 4.78 is 13.4. The summed E-state index contributed by atoms with van der Waals surface area (Å²) in [6.07, 6.45) is 28.9. The van der Waals surface area contributed by atoms with Gasteiger partial charge in [0.05, 0.1) is 13.2 Å². The predicted molar refractivity (Wildman–Crippen MR) is 234 cm³/mol. The van der Waals surface area contributed by atoms with Gasteiger partial charge in [-0.1, -0.05) is 169 Å². The summed E-state index contributed by atoms with van der Waals surface area (Å²) in [7, 11) is 1.20. The number of aryl methyl sites for hydroxylation is 1. The quantitative estimate of drug-likeness (QED) is 0.0545. The van der Waals surface area contributed by atoms with Crippen LogP contribution in [0.1, 0.15) is 145 Å². The second kappa shape index (κ2) is 22.8. The molecule has 5 rings (SSSR count). The first-order valence-electron chi connectivity index (χ1n) is 20.6. The van der Waals surface area contributed by atoms with Gasteiger partial charge in [-0.2, -0.15) is 0 Å². The predicted octanol–water partition coefficient (Wildman–Crippen LogP) is 13.8. The molecule has 2 nitrogen and oxygen atoms in total. The lowest BCUT2D eigenvalue weighted by molar-refractivity contribution is 0.297. The van der Waals surface area contributed by atoms with Crippen LogP contribution in [0.3, 0.4) is 0 Å². The molecule has 2 aliphatic rings. The Morgan fingerprint density at radius 3 is 1.91 bits per heavy atom. The molecule has 0 atom stereocenters. The van der Waals surface area contributed by atoms with E-state index in [0.717, 1.165) is 49.5 Å². The van der Waals surface area contributed by atoms with Crippen molar-refractivity contribution in [2.75, 3.05) is 13.2 Å². The minimum absolute atomic E-state index is 0.575. The minimum Gasteiger partial charge on any atom is -0.493 e.